The Morgan fingerprint density at radius 1 is 1.17 bits per heavy atom. The Balaban J connectivity index is 1.28. The van der Waals surface area contributed by atoms with Gasteiger partial charge >= 0.3 is 0 Å². The molecule has 1 saturated heterocycles. The zero-order valence-electron chi connectivity index (χ0n) is 19.1. The predicted octanol–water partition coefficient (Wildman–Crippen LogP) is 4.28. The van der Waals surface area contributed by atoms with E-state index in [0.29, 0.717) is 34.2 Å². The molecule has 0 bridgehead atoms. The highest BCUT2D eigenvalue weighted by Crippen LogP contribution is 2.37. The molecule has 182 valence electrons. The van der Waals surface area contributed by atoms with Crippen molar-refractivity contribution in [2.24, 2.45) is 5.92 Å². The monoisotopic (exact) mass is 526 g/mol. The van der Waals surface area contributed by atoms with Crippen molar-refractivity contribution in [2.75, 3.05) is 25.0 Å². The number of nitriles is 1. The Labute approximate surface area is 213 Å². The van der Waals surface area contributed by atoms with Gasteiger partial charge in [0, 0.05) is 37.6 Å². The van der Waals surface area contributed by atoms with Crippen LogP contribution in [0, 0.1) is 17.2 Å². The lowest BCUT2D eigenvalue weighted by Gasteiger charge is -2.30. The van der Waals surface area contributed by atoms with E-state index in [0.717, 1.165) is 36.5 Å². The number of carbonyl (C=O) groups excluding carboxylic acids is 1. The zero-order chi connectivity index (χ0) is 24.4. The fourth-order valence-corrected chi connectivity index (χ4v) is 8.68. The molecule has 2 aromatic heterocycles. The molecule has 7 nitrogen and oxygen atoms in total. The van der Waals surface area contributed by atoms with Gasteiger partial charge in [-0.25, -0.2) is 8.42 Å². The van der Waals surface area contributed by atoms with E-state index in [-0.39, 0.29) is 12.5 Å². The number of fused-ring (bicyclic) bond motifs is 1. The second-order valence-corrected chi connectivity index (χ2v) is 13.1. The highest BCUT2D eigenvalue weighted by atomic mass is 32.2. The summed E-state index contributed by atoms with van der Waals surface area (Å²) < 4.78 is 27.6. The van der Waals surface area contributed by atoms with Crippen LogP contribution in [0.5, 0.6) is 0 Å². The smallest absolute Gasteiger partial charge is 0.252 e. The van der Waals surface area contributed by atoms with Crippen molar-refractivity contribution < 1.29 is 13.2 Å². The third-order valence-electron chi connectivity index (χ3n) is 6.58. The summed E-state index contributed by atoms with van der Waals surface area (Å²) in [6, 6.07) is 15.9. The standard InChI is InChI=1S/C25H26N4O3S3/c26-14-21-20-10-12-28(15-18-6-2-1-3-7-18)17-22(20)34-25(21)27-24(30)19-8-4-11-29(16-19)35(31,32)23-9-5-13-33-23/h1-3,5-7,9,13,19H,4,8,10-12,15-17H2,(H,27,30). The maximum Gasteiger partial charge on any atom is 0.252 e. The van der Waals surface area contributed by atoms with E-state index in [9.17, 15) is 18.5 Å². The van der Waals surface area contributed by atoms with Crippen molar-refractivity contribution in [3.8, 4) is 6.07 Å². The summed E-state index contributed by atoms with van der Waals surface area (Å²) in [5.74, 6) is -0.661. The summed E-state index contributed by atoms with van der Waals surface area (Å²) in [6.45, 7) is 3.02. The average Bonchev–Trinajstić information content (AvgIpc) is 3.53. The van der Waals surface area contributed by atoms with Gasteiger partial charge in [0.05, 0.1) is 11.5 Å². The molecule has 2 aliphatic rings. The Kier molecular flexibility index (Phi) is 7.05. The molecule has 0 aliphatic carbocycles. The molecule has 3 aromatic rings. The van der Waals surface area contributed by atoms with Gasteiger partial charge in [0.25, 0.3) is 10.0 Å². The van der Waals surface area contributed by atoms with E-state index in [1.165, 1.54) is 32.5 Å². The van der Waals surface area contributed by atoms with E-state index in [2.05, 4.69) is 28.4 Å². The fourth-order valence-electron chi connectivity index (χ4n) is 4.77. The van der Waals surface area contributed by atoms with Crippen molar-refractivity contribution in [1.29, 1.82) is 5.26 Å². The topological polar surface area (TPSA) is 93.5 Å². The molecule has 0 saturated carbocycles. The second kappa shape index (κ2) is 10.2. The Morgan fingerprint density at radius 3 is 2.74 bits per heavy atom. The minimum Gasteiger partial charge on any atom is -0.316 e. The van der Waals surface area contributed by atoms with Crippen LogP contribution in [0.15, 0.2) is 52.1 Å². The van der Waals surface area contributed by atoms with E-state index in [1.54, 1.807) is 17.5 Å². The second-order valence-electron chi connectivity index (χ2n) is 8.89. The quantitative estimate of drug-likeness (QED) is 0.518. The molecule has 5 rings (SSSR count). The SMILES string of the molecule is N#Cc1c(NC(=O)C2CCCN(S(=O)(=O)c3cccs3)C2)sc2c1CCN(Cc1ccccc1)C2. The van der Waals surface area contributed by atoms with Gasteiger partial charge in [-0.05, 0) is 41.8 Å². The lowest BCUT2D eigenvalue weighted by molar-refractivity contribution is -0.120. The van der Waals surface area contributed by atoms with Crippen LogP contribution in [-0.4, -0.2) is 43.2 Å². The summed E-state index contributed by atoms with van der Waals surface area (Å²) in [5, 5.41) is 15.2. The largest absolute Gasteiger partial charge is 0.316 e. The molecular formula is C25H26N4O3S3. The van der Waals surface area contributed by atoms with Crippen LogP contribution in [0.3, 0.4) is 0 Å². The van der Waals surface area contributed by atoms with Crippen molar-refractivity contribution in [2.45, 2.75) is 36.6 Å². The van der Waals surface area contributed by atoms with Crippen LogP contribution in [-0.2, 0) is 34.3 Å². The molecule has 4 heterocycles. The molecule has 1 amide bonds. The third-order valence-corrected chi connectivity index (χ3v) is 10.9. The van der Waals surface area contributed by atoms with E-state index < -0.39 is 15.9 Å². The van der Waals surface area contributed by atoms with Gasteiger partial charge in [-0.1, -0.05) is 36.4 Å². The Bertz CT molecular complexity index is 1340. The first-order valence-corrected chi connectivity index (χ1v) is 14.7. The van der Waals surface area contributed by atoms with Crippen LogP contribution < -0.4 is 5.32 Å². The number of carbonyl (C=O) groups is 1. The summed E-state index contributed by atoms with van der Waals surface area (Å²) in [7, 11) is -3.59. The van der Waals surface area contributed by atoms with Gasteiger partial charge in [0.1, 0.15) is 15.3 Å². The predicted molar refractivity (Wildman–Crippen MR) is 138 cm³/mol. The number of nitrogens with zero attached hydrogens (tertiary/aromatic N) is 3. The van der Waals surface area contributed by atoms with Crippen LogP contribution in [0.2, 0.25) is 0 Å². The molecule has 1 aromatic carbocycles. The number of thiophene rings is 2. The van der Waals surface area contributed by atoms with E-state index in [1.807, 2.05) is 18.2 Å². The molecule has 1 fully saturated rings. The first kappa shape index (κ1) is 24.2. The average molecular weight is 527 g/mol. The van der Waals surface area contributed by atoms with Gasteiger partial charge in [-0.15, -0.1) is 22.7 Å². The molecule has 1 unspecified atom stereocenters. The van der Waals surface area contributed by atoms with E-state index in [4.69, 9.17) is 0 Å². The summed E-state index contributed by atoms with van der Waals surface area (Å²) in [4.78, 5) is 16.6. The molecule has 1 atom stereocenters. The summed E-state index contributed by atoms with van der Waals surface area (Å²) >= 11 is 2.66. The van der Waals surface area contributed by atoms with Gasteiger partial charge < -0.3 is 5.32 Å². The highest BCUT2D eigenvalue weighted by molar-refractivity contribution is 7.91. The van der Waals surface area contributed by atoms with Crippen LogP contribution in [0.1, 0.15) is 34.4 Å². The summed E-state index contributed by atoms with van der Waals surface area (Å²) in [5.41, 5.74) is 2.83. The number of sulfonamides is 1. The minimum absolute atomic E-state index is 0.157. The Hall–Kier alpha value is -2.55. The number of hydrogen-bond donors (Lipinski definition) is 1. The lowest BCUT2D eigenvalue weighted by atomic mass is 9.98. The van der Waals surface area contributed by atoms with Crippen LogP contribution in [0.4, 0.5) is 5.00 Å². The molecule has 35 heavy (non-hydrogen) atoms. The normalized spacial score (nSPS) is 19.1. The van der Waals surface area contributed by atoms with E-state index >= 15 is 0 Å². The number of hydrogen-bond acceptors (Lipinski definition) is 7. The fraction of sp³-hybridized carbons (Fsp3) is 0.360. The maximum absolute atomic E-state index is 13.2. The molecule has 10 heteroatoms. The van der Waals surface area contributed by atoms with Crippen molar-refractivity contribution in [3.05, 3.63) is 69.4 Å². The van der Waals surface area contributed by atoms with Gasteiger partial charge in [0.2, 0.25) is 5.91 Å². The minimum atomic E-state index is -3.59. The number of anilines is 1. The third kappa shape index (κ3) is 5.06. The lowest BCUT2D eigenvalue weighted by Crippen LogP contribution is -2.43. The maximum atomic E-state index is 13.2. The van der Waals surface area contributed by atoms with Crippen molar-refractivity contribution >= 4 is 43.6 Å². The summed E-state index contributed by atoms with van der Waals surface area (Å²) in [6.07, 6.45) is 2.02. The molecular weight excluding hydrogens is 501 g/mol. The number of rotatable bonds is 6. The van der Waals surface area contributed by atoms with Crippen LogP contribution in [0.25, 0.3) is 0 Å². The number of benzene rings is 1. The van der Waals surface area contributed by atoms with Crippen LogP contribution >= 0.6 is 22.7 Å². The molecule has 0 radical (unpaired) electrons. The van der Waals surface area contributed by atoms with Crippen molar-refractivity contribution in [1.82, 2.24) is 9.21 Å². The highest BCUT2D eigenvalue weighted by Gasteiger charge is 2.34. The van der Waals surface area contributed by atoms with Gasteiger partial charge in [-0.3, -0.25) is 9.69 Å². The van der Waals surface area contributed by atoms with Gasteiger partial charge in [-0.2, -0.15) is 9.57 Å². The number of piperidine rings is 1. The first-order valence-electron chi connectivity index (χ1n) is 11.6. The molecule has 2 aliphatic heterocycles. The molecule has 0 spiro atoms. The van der Waals surface area contributed by atoms with Gasteiger partial charge in [0.15, 0.2) is 0 Å². The number of nitrogens with one attached hydrogen (secondary N) is 1. The zero-order valence-corrected chi connectivity index (χ0v) is 21.6. The Morgan fingerprint density at radius 2 is 2.00 bits per heavy atom. The number of amides is 1. The first-order chi connectivity index (χ1) is 17.0. The van der Waals surface area contributed by atoms with Crippen molar-refractivity contribution in [3.63, 3.8) is 0 Å². The molecule has 1 N–H and O–H groups in total.